The lowest BCUT2D eigenvalue weighted by molar-refractivity contribution is -0.127. The monoisotopic (exact) mass is 404 g/mol. The molecule has 0 saturated heterocycles. The summed E-state index contributed by atoms with van der Waals surface area (Å²) in [7, 11) is 1.87. The molecule has 0 aliphatic heterocycles. The van der Waals surface area contributed by atoms with E-state index >= 15 is 0 Å². The third kappa shape index (κ3) is 4.25. The van der Waals surface area contributed by atoms with Crippen LogP contribution in [0.4, 0.5) is 0 Å². The van der Waals surface area contributed by atoms with Crippen molar-refractivity contribution in [3.05, 3.63) is 72.1 Å². The molecule has 2 aromatic heterocycles. The summed E-state index contributed by atoms with van der Waals surface area (Å²) in [6.07, 6.45) is 2.55. The van der Waals surface area contributed by atoms with E-state index in [0.717, 1.165) is 39.7 Å². The second kappa shape index (κ2) is 8.73. The van der Waals surface area contributed by atoms with Crippen molar-refractivity contribution in [2.24, 2.45) is 0 Å². The number of H-pyrrole nitrogens is 1. The molecule has 1 unspecified atom stereocenters. The van der Waals surface area contributed by atoms with Crippen LogP contribution in [0.1, 0.15) is 18.2 Å². The van der Waals surface area contributed by atoms with Crippen molar-refractivity contribution in [1.82, 2.24) is 20.9 Å². The maximum absolute atomic E-state index is 13.2. The average molecular weight is 405 g/mol. The number of hydrogen-bond donors (Lipinski definition) is 4. The molecule has 0 aliphatic carbocycles. The molecule has 0 aliphatic rings. The Morgan fingerprint density at radius 1 is 1.10 bits per heavy atom. The smallest absolute Gasteiger partial charge is 0.240 e. The molecule has 0 spiro atoms. The lowest BCUT2D eigenvalue weighted by Crippen LogP contribution is -2.56. The van der Waals surface area contributed by atoms with Crippen LogP contribution in [0.15, 0.2) is 65.2 Å². The van der Waals surface area contributed by atoms with E-state index in [9.17, 15) is 4.79 Å². The maximum atomic E-state index is 13.2. The second-order valence-corrected chi connectivity index (χ2v) is 7.83. The van der Waals surface area contributed by atoms with E-state index in [1.54, 1.807) is 0 Å². The summed E-state index contributed by atoms with van der Waals surface area (Å²) < 4.78 is 5.94. The zero-order valence-electron chi connectivity index (χ0n) is 17.4. The summed E-state index contributed by atoms with van der Waals surface area (Å²) in [5.41, 5.74) is 2.24. The Balaban J connectivity index is 1.56. The van der Waals surface area contributed by atoms with Crippen LogP contribution in [0.2, 0.25) is 0 Å². The van der Waals surface area contributed by atoms with Crippen molar-refractivity contribution in [3.8, 4) is 0 Å². The van der Waals surface area contributed by atoms with Crippen molar-refractivity contribution in [3.63, 3.8) is 0 Å². The number of aromatic nitrogens is 1. The normalized spacial score (nSPS) is 13.5. The van der Waals surface area contributed by atoms with E-state index in [2.05, 4.69) is 27.0 Å². The van der Waals surface area contributed by atoms with Crippen molar-refractivity contribution in [2.45, 2.75) is 25.4 Å². The van der Waals surface area contributed by atoms with Gasteiger partial charge in [-0.25, -0.2) is 0 Å². The number of carbonyl (C=O) groups excluding carboxylic acids is 1. The van der Waals surface area contributed by atoms with Crippen LogP contribution in [0.3, 0.4) is 0 Å². The first-order valence-corrected chi connectivity index (χ1v) is 10.3. The van der Waals surface area contributed by atoms with Crippen molar-refractivity contribution < 1.29 is 9.21 Å². The number of rotatable bonds is 9. The van der Waals surface area contributed by atoms with Crippen LogP contribution < -0.4 is 16.0 Å². The van der Waals surface area contributed by atoms with Crippen LogP contribution in [0, 0.1) is 0 Å². The van der Waals surface area contributed by atoms with E-state index in [1.165, 1.54) is 0 Å². The highest BCUT2D eigenvalue weighted by Crippen LogP contribution is 2.24. The molecule has 2 heterocycles. The number of fused-ring (bicyclic) bond motifs is 2. The molecule has 2 aromatic carbocycles. The van der Waals surface area contributed by atoms with Gasteiger partial charge in [-0.3, -0.25) is 10.1 Å². The highest BCUT2D eigenvalue weighted by atomic mass is 16.3. The first-order chi connectivity index (χ1) is 14.6. The van der Waals surface area contributed by atoms with Gasteiger partial charge in [-0.05, 0) is 37.7 Å². The fourth-order valence-corrected chi connectivity index (χ4v) is 3.78. The Morgan fingerprint density at radius 2 is 1.90 bits per heavy atom. The molecule has 6 heteroatoms. The van der Waals surface area contributed by atoms with Gasteiger partial charge in [0.2, 0.25) is 5.91 Å². The molecule has 0 fully saturated rings. The van der Waals surface area contributed by atoms with E-state index in [0.29, 0.717) is 19.5 Å². The molecular weight excluding hydrogens is 376 g/mol. The molecule has 0 bridgehead atoms. The largest absolute Gasteiger partial charge is 0.460 e. The molecule has 156 valence electrons. The van der Waals surface area contributed by atoms with Gasteiger partial charge in [0.05, 0.1) is 12.1 Å². The molecule has 4 aromatic rings. The fourth-order valence-electron chi connectivity index (χ4n) is 3.78. The fraction of sp³-hybridized carbons (Fsp3) is 0.292. The van der Waals surface area contributed by atoms with Gasteiger partial charge in [-0.2, -0.15) is 0 Å². The van der Waals surface area contributed by atoms with Gasteiger partial charge in [-0.15, -0.1) is 0 Å². The second-order valence-electron chi connectivity index (χ2n) is 7.83. The van der Waals surface area contributed by atoms with Gasteiger partial charge in [0.15, 0.2) is 0 Å². The van der Waals surface area contributed by atoms with E-state index in [1.807, 2.05) is 68.7 Å². The number of nitrogens with one attached hydrogen (secondary N) is 4. The van der Waals surface area contributed by atoms with Crippen LogP contribution in [-0.2, 0) is 17.8 Å². The number of aromatic amines is 1. The van der Waals surface area contributed by atoms with Crippen LogP contribution >= 0.6 is 0 Å². The number of furan rings is 1. The number of likely N-dealkylation sites (N-methyl/N-ethyl adjacent to an activating group) is 1. The van der Waals surface area contributed by atoms with E-state index in [-0.39, 0.29) is 5.91 Å². The third-order valence-electron chi connectivity index (χ3n) is 5.51. The third-order valence-corrected chi connectivity index (χ3v) is 5.51. The number of para-hydroxylation sites is 2. The molecule has 0 radical (unpaired) electrons. The zero-order valence-corrected chi connectivity index (χ0v) is 17.4. The Morgan fingerprint density at radius 3 is 2.73 bits per heavy atom. The SMILES string of the molecule is CNCCNC(=O)C(C)(Cc1c[nH]c2ccccc12)NCc1cc2ccccc2o1. The Labute approximate surface area is 176 Å². The highest BCUT2D eigenvalue weighted by Gasteiger charge is 2.34. The molecular formula is C24H28N4O2. The summed E-state index contributed by atoms with van der Waals surface area (Å²) in [5.74, 6) is 0.781. The topological polar surface area (TPSA) is 82.1 Å². The molecule has 4 rings (SSSR count). The standard InChI is InChI=1S/C24H28N4O2/c1-24(23(29)26-12-11-25-2,14-18-15-27-21-9-5-4-8-20(18)21)28-16-19-13-17-7-3-6-10-22(17)30-19/h3-10,13,15,25,27-28H,11-12,14,16H2,1-2H3,(H,26,29). The minimum Gasteiger partial charge on any atom is -0.460 e. The number of carbonyl (C=O) groups is 1. The predicted molar refractivity (Wildman–Crippen MR) is 120 cm³/mol. The van der Waals surface area contributed by atoms with Crippen LogP contribution in [0.25, 0.3) is 21.9 Å². The van der Waals surface area contributed by atoms with Gasteiger partial charge in [0.25, 0.3) is 0 Å². The van der Waals surface area contributed by atoms with Gasteiger partial charge in [-0.1, -0.05) is 36.4 Å². The molecule has 1 atom stereocenters. The van der Waals surface area contributed by atoms with Gasteiger partial charge in [0, 0.05) is 42.0 Å². The number of benzene rings is 2. The Hall–Kier alpha value is -3.09. The summed E-state index contributed by atoms with van der Waals surface area (Å²) >= 11 is 0. The van der Waals surface area contributed by atoms with Gasteiger partial charge < -0.3 is 20.0 Å². The summed E-state index contributed by atoms with van der Waals surface area (Å²) in [4.78, 5) is 16.5. The van der Waals surface area contributed by atoms with E-state index in [4.69, 9.17) is 4.42 Å². The van der Waals surface area contributed by atoms with Crippen LogP contribution in [-0.4, -0.2) is 36.6 Å². The molecule has 4 N–H and O–H groups in total. The van der Waals surface area contributed by atoms with Crippen molar-refractivity contribution >= 4 is 27.8 Å². The first kappa shape index (κ1) is 20.2. The number of hydrogen-bond acceptors (Lipinski definition) is 4. The lowest BCUT2D eigenvalue weighted by atomic mass is 9.91. The number of amides is 1. The van der Waals surface area contributed by atoms with Gasteiger partial charge >= 0.3 is 0 Å². The summed E-state index contributed by atoms with van der Waals surface area (Å²) in [5, 5.41) is 11.8. The van der Waals surface area contributed by atoms with Crippen molar-refractivity contribution in [2.75, 3.05) is 20.1 Å². The molecule has 6 nitrogen and oxygen atoms in total. The minimum absolute atomic E-state index is 0.0286. The van der Waals surface area contributed by atoms with Gasteiger partial charge in [0.1, 0.15) is 11.3 Å². The Kier molecular flexibility index (Phi) is 5.88. The Bertz CT molecular complexity index is 1110. The zero-order chi connectivity index (χ0) is 21.0. The summed E-state index contributed by atoms with van der Waals surface area (Å²) in [6.45, 7) is 3.71. The first-order valence-electron chi connectivity index (χ1n) is 10.3. The van der Waals surface area contributed by atoms with Crippen molar-refractivity contribution in [1.29, 1.82) is 0 Å². The molecule has 30 heavy (non-hydrogen) atoms. The maximum Gasteiger partial charge on any atom is 0.240 e. The van der Waals surface area contributed by atoms with Crippen LogP contribution in [0.5, 0.6) is 0 Å². The van der Waals surface area contributed by atoms with E-state index < -0.39 is 5.54 Å². The quantitative estimate of drug-likeness (QED) is 0.323. The average Bonchev–Trinajstić information content (AvgIpc) is 3.36. The molecule has 0 saturated carbocycles. The lowest BCUT2D eigenvalue weighted by Gasteiger charge is -2.29. The minimum atomic E-state index is -0.794. The highest BCUT2D eigenvalue weighted by molar-refractivity contribution is 5.89. The summed E-state index contributed by atoms with van der Waals surface area (Å²) in [6, 6.07) is 18.1. The predicted octanol–water partition coefficient (Wildman–Crippen LogP) is 3.34. The molecule has 1 amide bonds.